The van der Waals surface area contributed by atoms with Crippen LogP contribution in [0.15, 0.2) is 48.5 Å². The Morgan fingerprint density at radius 1 is 0.833 bits per heavy atom. The van der Waals surface area contributed by atoms with Gasteiger partial charge in [-0.1, -0.05) is 47.5 Å². The molecule has 0 bridgehead atoms. The maximum absolute atomic E-state index is 6.15. The summed E-state index contributed by atoms with van der Waals surface area (Å²) < 4.78 is 0. The summed E-state index contributed by atoms with van der Waals surface area (Å²) in [7, 11) is 0. The van der Waals surface area contributed by atoms with Crippen LogP contribution in [0.2, 0.25) is 10.0 Å². The predicted octanol–water partition coefficient (Wildman–Crippen LogP) is 4.63. The Hall–Kier alpha value is -1.02. The van der Waals surface area contributed by atoms with E-state index in [9.17, 15) is 0 Å². The molecule has 2 rings (SSSR count). The van der Waals surface area contributed by atoms with Crippen LogP contribution in [0.5, 0.6) is 0 Å². The quantitative estimate of drug-likeness (QED) is 0.868. The van der Waals surface area contributed by atoms with Crippen molar-refractivity contribution in [3.05, 3.63) is 69.7 Å². The van der Waals surface area contributed by atoms with E-state index < -0.39 is 0 Å². The van der Waals surface area contributed by atoms with Gasteiger partial charge < -0.3 is 5.73 Å². The molecule has 2 aromatic rings. The molecule has 3 heteroatoms. The van der Waals surface area contributed by atoms with Crippen molar-refractivity contribution < 1.29 is 0 Å². The minimum atomic E-state index is 0.0398. The lowest BCUT2D eigenvalue weighted by atomic mass is 10.00. The second kappa shape index (κ2) is 6.24. The highest BCUT2D eigenvalue weighted by Gasteiger charge is 2.06. The van der Waals surface area contributed by atoms with E-state index in [0.717, 1.165) is 28.5 Å². The van der Waals surface area contributed by atoms with Crippen LogP contribution in [0.1, 0.15) is 23.6 Å². The van der Waals surface area contributed by atoms with Gasteiger partial charge in [0.15, 0.2) is 0 Å². The Labute approximate surface area is 118 Å². The molecule has 94 valence electrons. The first kappa shape index (κ1) is 13.4. The molecule has 0 aliphatic rings. The first-order valence-electron chi connectivity index (χ1n) is 5.90. The van der Waals surface area contributed by atoms with Crippen LogP contribution in [0.25, 0.3) is 0 Å². The van der Waals surface area contributed by atoms with Gasteiger partial charge >= 0.3 is 0 Å². The summed E-state index contributed by atoms with van der Waals surface area (Å²) in [6, 6.07) is 15.6. The van der Waals surface area contributed by atoms with E-state index in [1.54, 1.807) is 0 Å². The van der Waals surface area contributed by atoms with Crippen molar-refractivity contribution >= 4 is 23.2 Å². The molecule has 0 saturated heterocycles. The molecule has 2 N–H and O–H groups in total. The van der Waals surface area contributed by atoms with Crippen LogP contribution < -0.4 is 5.73 Å². The Morgan fingerprint density at radius 3 is 1.89 bits per heavy atom. The Bertz CT molecular complexity index is 491. The van der Waals surface area contributed by atoms with E-state index in [1.165, 1.54) is 5.56 Å². The summed E-state index contributed by atoms with van der Waals surface area (Å²) in [4.78, 5) is 0. The number of hydrogen-bond acceptors (Lipinski definition) is 1. The number of aryl methyl sites for hydroxylation is 1. The van der Waals surface area contributed by atoms with Gasteiger partial charge in [0.25, 0.3) is 0 Å². The van der Waals surface area contributed by atoms with Gasteiger partial charge in [-0.05, 0) is 48.2 Å². The summed E-state index contributed by atoms with van der Waals surface area (Å²) >= 11 is 11.7. The highest BCUT2D eigenvalue weighted by atomic mass is 35.5. The summed E-state index contributed by atoms with van der Waals surface area (Å²) in [5.41, 5.74) is 8.53. The maximum Gasteiger partial charge on any atom is 0.0406 e. The fourth-order valence-corrected chi connectivity index (χ4v) is 2.10. The highest BCUT2D eigenvalue weighted by molar-refractivity contribution is 6.30. The average Bonchev–Trinajstić information content (AvgIpc) is 2.38. The molecule has 18 heavy (non-hydrogen) atoms. The summed E-state index contributed by atoms with van der Waals surface area (Å²) in [6.45, 7) is 0. The van der Waals surface area contributed by atoms with Crippen molar-refractivity contribution in [3.8, 4) is 0 Å². The van der Waals surface area contributed by atoms with Gasteiger partial charge in [0, 0.05) is 16.1 Å². The molecule has 0 heterocycles. The van der Waals surface area contributed by atoms with E-state index in [0.29, 0.717) is 0 Å². The van der Waals surface area contributed by atoms with Gasteiger partial charge in [0.05, 0.1) is 0 Å². The van der Waals surface area contributed by atoms with Gasteiger partial charge in [0.1, 0.15) is 0 Å². The first-order valence-corrected chi connectivity index (χ1v) is 6.66. The van der Waals surface area contributed by atoms with Crippen LogP contribution in [-0.2, 0) is 6.42 Å². The predicted molar refractivity (Wildman–Crippen MR) is 78.2 cm³/mol. The second-order valence-electron chi connectivity index (χ2n) is 4.32. The van der Waals surface area contributed by atoms with Crippen LogP contribution >= 0.6 is 23.2 Å². The minimum Gasteiger partial charge on any atom is -0.324 e. The fraction of sp³-hybridized carbons (Fsp3) is 0.200. The van der Waals surface area contributed by atoms with E-state index in [2.05, 4.69) is 0 Å². The number of nitrogens with two attached hydrogens (primary N) is 1. The Morgan fingerprint density at radius 2 is 1.33 bits per heavy atom. The number of benzene rings is 2. The van der Waals surface area contributed by atoms with Crippen molar-refractivity contribution in [2.45, 2.75) is 18.9 Å². The van der Waals surface area contributed by atoms with Crippen LogP contribution in [-0.4, -0.2) is 0 Å². The molecular weight excluding hydrogens is 265 g/mol. The highest BCUT2D eigenvalue weighted by Crippen LogP contribution is 2.19. The van der Waals surface area contributed by atoms with E-state index in [4.69, 9.17) is 28.9 Å². The third-order valence-corrected chi connectivity index (χ3v) is 3.46. The smallest absolute Gasteiger partial charge is 0.0406 e. The average molecular weight is 280 g/mol. The van der Waals surface area contributed by atoms with Crippen LogP contribution in [0.3, 0.4) is 0 Å². The molecule has 2 aromatic carbocycles. The van der Waals surface area contributed by atoms with E-state index in [1.807, 2.05) is 48.5 Å². The molecule has 1 unspecified atom stereocenters. The van der Waals surface area contributed by atoms with Crippen LogP contribution in [0.4, 0.5) is 0 Å². The zero-order valence-corrected chi connectivity index (χ0v) is 11.5. The number of rotatable bonds is 4. The van der Waals surface area contributed by atoms with Crippen molar-refractivity contribution in [1.29, 1.82) is 0 Å². The largest absolute Gasteiger partial charge is 0.324 e. The summed E-state index contributed by atoms with van der Waals surface area (Å²) in [5, 5.41) is 1.50. The Kier molecular flexibility index (Phi) is 4.65. The van der Waals surface area contributed by atoms with Gasteiger partial charge in [0.2, 0.25) is 0 Å². The number of halogens is 2. The van der Waals surface area contributed by atoms with Gasteiger partial charge in [-0.2, -0.15) is 0 Å². The van der Waals surface area contributed by atoms with Crippen molar-refractivity contribution in [2.75, 3.05) is 0 Å². The normalized spacial score (nSPS) is 12.4. The topological polar surface area (TPSA) is 26.0 Å². The molecule has 0 saturated carbocycles. The molecule has 0 amide bonds. The maximum atomic E-state index is 6.15. The Balaban J connectivity index is 1.93. The van der Waals surface area contributed by atoms with Crippen molar-refractivity contribution in [1.82, 2.24) is 0 Å². The molecule has 1 nitrogen and oxygen atoms in total. The molecule has 0 aliphatic heterocycles. The first-order chi connectivity index (χ1) is 8.65. The minimum absolute atomic E-state index is 0.0398. The van der Waals surface area contributed by atoms with Crippen molar-refractivity contribution in [3.63, 3.8) is 0 Å². The van der Waals surface area contributed by atoms with E-state index in [-0.39, 0.29) is 6.04 Å². The standard InChI is InChI=1S/C15H15Cl2N/c16-13-6-1-11(2-7-13)3-10-15(18)12-4-8-14(17)9-5-12/h1-2,4-9,15H,3,10,18H2. The zero-order valence-electron chi connectivity index (χ0n) is 9.94. The van der Waals surface area contributed by atoms with Crippen LogP contribution in [0, 0.1) is 0 Å². The third kappa shape index (κ3) is 3.74. The molecule has 0 aromatic heterocycles. The lowest BCUT2D eigenvalue weighted by Gasteiger charge is -2.12. The monoisotopic (exact) mass is 279 g/mol. The second-order valence-corrected chi connectivity index (χ2v) is 5.20. The third-order valence-electron chi connectivity index (χ3n) is 2.96. The van der Waals surface area contributed by atoms with Gasteiger partial charge in [-0.3, -0.25) is 0 Å². The number of hydrogen-bond donors (Lipinski definition) is 1. The molecule has 0 aliphatic carbocycles. The molecule has 1 atom stereocenters. The molecule has 0 fully saturated rings. The zero-order chi connectivity index (χ0) is 13.0. The lowest BCUT2D eigenvalue weighted by Crippen LogP contribution is -2.11. The van der Waals surface area contributed by atoms with Gasteiger partial charge in [-0.25, -0.2) is 0 Å². The summed E-state index contributed by atoms with van der Waals surface area (Å²) in [6.07, 6.45) is 1.85. The SMILES string of the molecule is NC(CCc1ccc(Cl)cc1)c1ccc(Cl)cc1. The summed E-state index contributed by atoms with van der Waals surface area (Å²) in [5.74, 6) is 0. The van der Waals surface area contributed by atoms with Crippen molar-refractivity contribution in [2.24, 2.45) is 5.73 Å². The molecule has 0 radical (unpaired) electrons. The van der Waals surface area contributed by atoms with E-state index >= 15 is 0 Å². The fourth-order valence-electron chi connectivity index (χ4n) is 1.85. The molecule has 0 spiro atoms. The van der Waals surface area contributed by atoms with Gasteiger partial charge in [-0.15, -0.1) is 0 Å². The molecular formula is C15H15Cl2N. The lowest BCUT2D eigenvalue weighted by molar-refractivity contribution is 0.651.